The first-order valence-electron chi connectivity index (χ1n) is 10.5. The van der Waals surface area contributed by atoms with E-state index >= 15 is 0 Å². The maximum absolute atomic E-state index is 13.4. The lowest BCUT2D eigenvalue weighted by atomic mass is 9.78. The lowest BCUT2D eigenvalue weighted by Crippen LogP contribution is -2.42. The number of aliphatic hydroxyl groups is 1. The highest BCUT2D eigenvalue weighted by Crippen LogP contribution is 2.41. The number of likely N-dealkylation sites (tertiary alicyclic amines) is 1. The number of halogens is 3. The number of carbonyl (C=O) groups is 1. The van der Waals surface area contributed by atoms with E-state index in [1.54, 1.807) is 0 Å². The number of ether oxygens (including phenoxy) is 1. The Morgan fingerprint density at radius 2 is 1.86 bits per heavy atom. The summed E-state index contributed by atoms with van der Waals surface area (Å²) in [6.07, 6.45) is 0.382. The van der Waals surface area contributed by atoms with Gasteiger partial charge >= 0.3 is 0 Å². The number of nitrogens with zero attached hydrogens (tertiary/aromatic N) is 1. The fourth-order valence-electron chi connectivity index (χ4n) is 5.11. The van der Waals surface area contributed by atoms with Crippen LogP contribution in [0.1, 0.15) is 44.1 Å². The molecule has 1 amide bonds. The molecule has 4 nitrogen and oxygen atoms in total. The van der Waals surface area contributed by atoms with Gasteiger partial charge in [0.1, 0.15) is 11.9 Å². The van der Waals surface area contributed by atoms with Crippen molar-refractivity contribution in [2.24, 2.45) is 17.8 Å². The topological polar surface area (TPSA) is 49.8 Å². The van der Waals surface area contributed by atoms with Crippen molar-refractivity contribution in [1.82, 2.24) is 4.90 Å². The van der Waals surface area contributed by atoms with Crippen LogP contribution in [0.25, 0.3) is 0 Å². The average Bonchev–Trinajstić information content (AvgIpc) is 3.06. The number of fused-ring (bicyclic) bond motifs is 1. The highest BCUT2D eigenvalue weighted by molar-refractivity contribution is 6.32. The van der Waals surface area contributed by atoms with E-state index in [-0.39, 0.29) is 55.4 Å². The Hall–Kier alpha value is -1.40. The summed E-state index contributed by atoms with van der Waals surface area (Å²) in [7, 11) is 0. The number of benzene rings is 1. The Bertz CT molecular complexity index is 764. The molecule has 0 unspecified atom stereocenters. The Morgan fingerprint density at radius 1 is 1.21 bits per heavy atom. The van der Waals surface area contributed by atoms with Crippen LogP contribution in [0.3, 0.4) is 0 Å². The normalized spacial score (nSPS) is 32.1. The summed E-state index contributed by atoms with van der Waals surface area (Å²) >= 11 is 6.27. The molecule has 1 N–H and O–H groups in total. The molecule has 0 aromatic heterocycles. The van der Waals surface area contributed by atoms with Gasteiger partial charge in [-0.2, -0.15) is 0 Å². The quantitative estimate of drug-likeness (QED) is 0.775. The van der Waals surface area contributed by atoms with Crippen LogP contribution in [0.15, 0.2) is 18.2 Å². The molecule has 1 saturated heterocycles. The second-order valence-corrected chi connectivity index (χ2v) is 9.43. The minimum absolute atomic E-state index is 0.00318. The van der Waals surface area contributed by atoms with Crippen LogP contribution < -0.4 is 4.74 Å². The largest absolute Gasteiger partial charge is 0.486 e. The minimum atomic E-state index is -2.62. The number of amides is 1. The lowest BCUT2D eigenvalue weighted by Gasteiger charge is -2.35. The Kier molecular flexibility index (Phi) is 5.77. The summed E-state index contributed by atoms with van der Waals surface area (Å²) < 4.78 is 32.8. The van der Waals surface area contributed by atoms with Crippen molar-refractivity contribution in [3.05, 3.63) is 28.8 Å². The SMILES string of the molecule is Cc1ccc(O[C@@H]2C[C@@H]3CN(C(=O)C4CCC(F)(F)CC4)C[C@@H]3C[C@H]2O)c(Cl)c1. The number of hydrogen-bond donors (Lipinski definition) is 1. The third kappa shape index (κ3) is 4.53. The summed E-state index contributed by atoms with van der Waals surface area (Å²) in [6.45, 7) is 3.17. The predicted molar refractivity (Wildman–Crippen MR) is 106 cm³/mol. The highest BCUT2D eigenvalue weighted by atomic mass is 35.5. The van der Waals surface area contributed by atoms with Crippen molar-refractivity contribution in [2.75, 3.05) is 13.1 Å². The Morgan fingerprint density at radius 3 is 2.52 bits per heavy atom. The van der Waals surface area contributed by atoms with Crippen LogP contribution in [-0.4, -0.2) is 47.1 Å². The zero-order valence-corrected chi connectivity index (χ0v) is 17.4. The van der Waals surface area contributed by atoms with E-state index < -0.39 is 12.0 Å². The van der Waals surface area contributed by atoms with Gasteiger partial charge in [0, 0.05) is 31.8 Å². The van der Waals surface area contributed by atoms with E-state index in [0.29, 0.717) is 36.7 Å². The number of alkyl halides is 2. The van der Waals surface area contributed by atoms with Crippen molar-refractivity contribution in [3.63, 3.8) is 0 Å². The van der Waals surface area contributed by atoms with Crippen LogP contribution in [0, 0.1) is 24.7 Å². The van der Waals surface area contributed by atoms with Gasteiger partial charge in [-0.25, -0.2) is 8.78 Å². The molecule has 3 fully saturated rings. The fourth-order valence-corrected chi connectivity index (χ4v) is 5.39. The van der Waals surface area contributed by atoms with Gasteiger partial charge in [0.25, 0.3) is 0 Å². The monoisotopic (exact) mass is 427 g/mol. The summed E-state index contributed by atoms with van der Waals surface area (Å²) in [6, 6.07) is 5.57. The zero-order chi connectivity index (χ0) is 20.8. The van der Waals surface area contributed by atoms with Crippen molar-refractivity contribution < 1.29 is 23.4 Å². The number of aliphatic hydroxyl groups excluding tert-OH is 1. The highest BCUT2D eigenvalue weighted by Gasteiger charge is 2.46. The van der Waals surface area contributed by atoms with E-state index in [0.717, 1.165) is 5.56 Å². The van der Waals surface area contributed by atoms with Crippen molar-refractivity contribution in [1.29, 1.82) is 0 Å². The van der Waals surface area contributed by atoms with Gasteiger partial charge in [0.15, 0.2) is 0 Å². The molecule has 1 aromatic carbocycles. The molecule has 7 heteroatoms. The van der Waals surface area contributed by atoms with Gasteiger partial charge in [-0.3, -0.25) is 4.79 Å². The third-order valence-electron chi connectivity index (χ3n) is 6.83. The molecule has 160 valence electrons. The number of hydrogen-bond acceptors (Lipinski definition) is 3. The van der Waals surface area contributed by atoms with E-state index in [2.05, 4.69) is 0 Å². The van der Waals surface area contributed by atoms with Crippen LogP contribution in [0.4, 0.5) is 8.78 Å². The number of aryl methyl sites for hydroxylation is 1. The first-order chi connectivity index (χ1) is 13.7. The molecular weight excluding hydrogens is 400 g/mol. The molecule has 2 aliphatic carbocycles. The predicted octanol–water partition coefficient (Wildman–Crippen LogP) is 4.45. The summed E-state index contributed by atoms with van der Waals surface area (Å²) in [5, 5.41) is 11.1. The molecular formula is C22H28ClF2NO3. The summed E-state index contributed by atoms with van der Waals surface area (Å²) in [5.74, 6) is -1.87. The molecule has 1 aliphatic heterocycles. The molecule has 0 spiro atoms. The second-order valence-electron chi connectivity index (χ2n) is 9.02. The molecule has 3 aliphatic rings. The molecule has 1 heterocycles. The fraction of sp³-hybridized carbons (Fsp3) is 0.682. The van der Waals surface area contributed by atoms with Crippen molar-refractivity contribution in [3.8, 4) is 5.75 Å². The maximum Gasteiger partial charge on any atom is 0.248 e. The van der Waals surface area contributed by atoms with Gasteiger partial charge in [0.2, 0.25) is 11.8 Å². The molecule has 2 saturated carbocycles. The van der Waals surface area contributed by atoms with Gasteiger partial charge < -0.3 is 14.7 Å². The molecule has 0 radical (unpaired) electrons. The number of carbonyl (C=O) groups excluding carboxylic acids is 1. The zero-order valence-electron chi connectivity index (χ0n) is 16.6. The van der Waals surface area contributed by atoms with Gasteiger partial charge in [-0.15, -0.1) is 0 Å². The third-order valence-corrected chi connectivity index (χ3v) is 7.12. The van der Waals surface area contributed by atoms with E-state index in [1.807, 2.05) is 30.0 Å². The first-order valence-corrected chi connectivity index (χ1v) is 10.9. The molecule has 4 atom stereocenters. The first kappa shape index (κ1) is 20.9. The van der Waals surface area contributed by atoms with Crippen molar-refractivity contribution in [2.45, 2.75) is 63.6 Å². The van der Waals surface area contributed by atoms with E-state index in [4.69, 9.17) is 16.3 Å². The Labute approximate surface area is 175 Å². The van der Waals surface area contributed by atoms with Gasteiger partial charge in [0.05, 0.1) is 11.1 Å². The van der Waals surface area contributed by atoms with E-state index in [1.165, 1.54) is 0 Å². The van der Waals surface area contributed by atoms with Crippen LogP contribution >= 0.6 is 11.6 Å². The van der Waals surface area contributed by atoms with Crippen LogP contribution in [0.2, 0.25) is 5.02 Å². The van der Waals surface area contributed by atoms with Crippen LogP contribution in [0.5, 0.6) is 5.75 Å². The average molecular weight is 428 g/mol. The van der Waals surface area contributed by atoms with Gasteiger partial charge in [-0.05, 0) is 62.1 Å². The van der Waals surface area contributed by atoms with E-state index in [9.17, 15) is 18.7 Å². The molecule has 0 bridgehead atoms. The smallest absolute Gasteiger partial charge is 0.248 e. The molecule has 1 aromatic rings. The number of rotatable bonds is 3. The molecule has 29 heavy (non-hydrogen) atoms. The minimum Gasteiger partial charge on any atom is -0.486 e. The second kappa shape index (κ2) is 8.03. The van der Waals surface area contributed by atoms with Crippen LogP contribution in [-0.2, 0) is 4.79 Å². The Balaban J connectivity index is 1.37. The van der Waals surface area contributed by atoms with Gasteiger partial charge in [-0.1, -0.05) is 17.7 Å². The summed E-state index contributed by atoms with van der Waals surface area (Å²) in [5.41, 5.74) is 1.04. The lowest BCUT2D eigenvalue weighted by molar-refractivity contribution is -0.138. The molecule has 4 rings (SSSR count). The maximum atomic E-state index is 13.4. The standard InChI is InChI=1S/C22H28ClF2NO3/c1-13-2-3-19(17(23)8-13)29-20-10-16-12-26(11-15(16)9-18(20)27)21(28)14-4-6-22(24,25)7-5-14/h2-3,8,14-16,18,20,27H,4-7,9-12H2,1H3/t15-,16+,18+,20+/m0/s1. The van der Waals surface area contributed by atoms with Crippen molar-refractivity contribution >= 4 is 17.5 Å². The summed E-state index contributed by atoms with van der Waals surface area (Å²) in [4.78, 5) is 14.7.